The first-order valence-corrected chi connectivity index (χ1v) is 14.2. The number of benzene rings is 2. The van der Waals surface area contributed by atoms with Gasteiger partial charge in [0.05, 0.1) is 28.2 Å². The number of rotatable bonds is 7. The van der Waals surface area contributed by atoms with Crippen LogP contribution in [0.15, 0.2) is 108 Å². The molecule has 6 rings (SSSR count). The first-order valence-electron chi connectivity index (χ1n) is 14.2. The Morgan fingerprint density at radius 1 is 0.634 bits per heavy atom. The Balaban J connectivity index is 1.46. The number of nitrogens with zero attached hydrogens (tertiary/aromatic N) is 4. The molecular weight excluding hydrogens is 504 g/mol. The second-order valence-electron chi connectivity index (χ2n) is 11.3. The van der Waals surface area contributed by atoms with Crippen LogP contribution in [0.4, 0.5) is 0 Å². The molecule has 0 aliphatic rings. The van der Waals surface area contributed by atoms with Crippen molar-refractivity contribution in [2.45, 2.75) is 51.9 Å². The summed E-state index contributed by atoms with van der Waals surface area (Å²) in [5, 5.41) is 0. The maximum Gasteiger partial charge on any atom is 0.227 e. The molecule has 0 amide bonds. The summed E-state index contributed by atoms with van der Waals surface area (Å²) in [6, 6.07) is 30.8. The van der Waals surface area contributed by atoms with Crippen molar-refractivity contribution in [1.29, 1.82) is 0 Å². The minimum absolute atomic E-state index is 0.402. The molecule has 0 N–H and O–H groups in total. The maximum absolute atomic E-state index is 6.39. The molecule has 0 bridgehead atoms. The van der Waals surface area contributed by atoms with Crippen molar-refractivity contribution in [1.82, 2.24) is 19.9 Å². The second-order valence-corrected chi connectivity index (χ2v) is 11.3. The number of aromatic nitrogens is 4. The predicted octanol–water partition coefficient (Wildman–Crippen LogP) is 8.95. The molecule has 0 spiro atoms. The van der Waals surface area contributed by atoms with Crippen LogP contribution >= 0.6 is 0 Å². The van der Waals surface area contributed by atoms with Gasteiger partial charge in [-0.1, -0.05) is 64.1 Å². The van der Waals surface area contributed by atoms with Crippen LogP contribution in [0.25, 0.3) is 33.8 Å². The third kappa shape index (κ3) is 4.93. The molecule has 1 unspecified atom stereocenters. The van der Waals surface area contributed by atoms with Crippen molar-refractivity contribution in [2.75, 3.05) is 0 Å². The smallest absolute Gasteiger partial charge is 0.227 e. The highest BCUT2D eigenvalue weighted by molar-refractivity contribution is 5.90. The van der Waals surface area contributed by atoms with Crippen LogP contribution in [-0.2, 0) is 5.41 Å². The van der Waals surface area contributed by atoms with Crippen molar-refractivity contribution in [2.24, 2.45) is 0 Å². The number of hydrogen-bond acceptors (Lipinski definition) is 5. The van der Waals surface area contributed by atoms with Crippen LogP contribution in [0, 0.1) is 0 Å². The summed E-state index contributed by atoms with van der Waals surface area (Å²) in [5.74, 6) is 1.48. The normalized spacial score (nSPS) is 13.1. The lowest BCUT2D eigenvalue weighted by Crippen LogP contribution is -2.29. The van der Waals surface area contributed by atoms with Gasteiger partial charge in [0.25, 0.3) is 0 Å². The molecule has 0 radical (unpaired) electrons. The number of hydrogen-bond donors (Lipinski definition) is 0. The third-order valence-corrected chi connectivity index (χ3v) is 7.92. The Hall–Kier alpha value is -4.64. The van der Waals surface area contributed by atoms with E-state index in [1.165, 1.54) is 11.1 Å². The number of pyridine rings is 3. The monoisotopic (exact) mass is 538 g/mol. The van der Waals surface area contributed by atoms with Gasteiger partial charge in [-0.15, -0.1) is 0 Å². The summed E-state index contributed by atoms with van der Waals surface area (Å²) in [4.78, 5) is 19.7. The molecule has 4 aromatic heterocycles. The van der Waals surface area contributed by atoms with Crippen LogP contribution in [0.2, 0.25) is 0 Å². The Bertz CT molecular complexity index is 1790. The molecule has 0 saturated carbocycles. The first kappa shape index (κ1) is 26.6. The fourth-order valence-corrected chi connectivity index (χ4v) is 5.24. The molecule has 204 valence electrons. The van der Waals surface area contributed by atoms with Crippen molar-refractivity contribution in [3.8, 4) is 22.7 Å². The van der Waals surface area contributed by atoms with Crippen molar-refractivity contribution in [3.63, 3.8) is 0 Å². The van der Waals surface area contributed by atoms with Crippen molar-refractivity contribution < 1.29 is 4.42 Å². The number of oxazole rings is 1. The summed E-state index contributed by atoms with van der Waals surface area (Å²) in [6.45, 7) is 10.9. The molecule has 4 heterocycles. The molecule has 0 saturated heterocycles. The summed E-state index contributed by atoms with van der Waals surface area (Å²) < 4.78 is 6.39. The van der Waals surface area contributed by atoms with Gasteiger partial charge in [0, 0.05) is 23.5 Å². The molecule has 0 fully saturated rings. The van der Waals surface area contributed by atoms with Crippen LogP contribution in [-0.4, -0.2) is 19.9 Å². The fourth-order valence-electron chi connectivity index (χ4n) is 5.24. The lowest BCUT2D eigenvalue weighted by molar-refractivity contribution is 0.616. The molecule has 5 nitrogen and oxygen atoms in total. The van der Waals surface area contributed by atoms with Gasteiger partial charge in [0.1, 0.15) is 5.52 Å². The van der Waals surface area contributed by atoms with Gasteiger partial charge < -0.3 is 4.42 Å². The fraction of sp³-hybridized carbons (Fsp3) is 0.222. The number of fused-ring (bicyclic) bond motifs is 1. The zero-order chi connectivity index (χ0) is 28.6. The molecule has 41 heavy (non-hydrogen) atoms. The Morgan fingerprint density at radius 3 is 2.02 bits per heavy atom. The van der Waals surface area contributed by atoms with Gasteiger partial charge in [-0.3, -0.25) is 15.0 Å². The molecule has 5 heteroatoms. The lowest BCUT2D eigenvalue weighted by Gasteiger charge is -2.29. The van der Waals surface area contributed by atoms with Crippen LogP contribution < -0.4 is 0 Å². The Morgan fingerprint density at radius 2 is 1.34 bits per heavy atom. The summed E-state index contributed by atoms with van der Waals surface area (Å²) >= 11 is 0. The van der Waals surface area contributed by atoms with E-state index in [-0.39, 0.29) is 0 Å². The quantitative estimate of drug-likeness (QED) is 0.203. The zero-order valence-electron chi connectivity index (χ0n) is 24.2. The number of para-hydroxylation sites is 1. The van der Waals surface area contributed by atoms with Gasteiger partial charge in [-0.2, -0.15) is 0 Å². The molecule has 1 atom stereocenters. The minimum atomic E-state index is -0.661. The largest absolute Gasteiger partial charge is 0.435 e. The molecular formula is C36H34N4O. The highest BCUT2D eigenvalue weighted by atomic mass is 16.3. The summed E-state index contributed by atoms with van der Waals surface area (Å²) in [7, 11) is 0. The Labute approximate surface area is 241 Å². The van der Waals surface area contributed by atoms with Crippen molar-refractivity contribution in [3.05, 3.63) is 132 Å². The zero-order valence-corrected chi connectivity index (χ0v) is 24.2. The van der Waals surface area contributed by atoms with Crippen LogP contribution in [0.5, 0.6) is 0 Å². The van der Waals surface area contributed by atoms with E-state index in [4.69, 9.17) is 24.4 Å². The summed E-state index contributed by atoms with van der Waals surface area (Å²) in [6.07, 6.45) is 3.79. The highest BCUT2D eigenvalue weighted by Crippen LogP contribution is 2.38. The van der Waals surface area contributed by atoms with E-state index < -0.39 is 5.41 Å². The second kappa shape index (κ2) is 10.7. The highest BCUT2D eigenvalue weighted by Gasteiger charge is 2.36. The Kier molecular flexibility index (Phi) is 6.96. The van der Waals surface area contributed by atoms with E-state index in [1.807, 2.05) is 60.9 Å². The first-order chi connectivity index (χ1) is 19.8. The average Bonchev–Trinajstić information content (AvgIpc) is 3.46. The topological polar surface area (TPSA) is 64.7 Å². The maximum atomic E-state index is 6.39. The van der Waals surface area contributed by atoms with Crippen molar-refractivity contribution >= 4 is 11.1 Å². The van der Waals surface area contributed by atoms with Crippen LogP contribution in [0.1, 0.15) is 74.7 Å². The third-order valence-electron chi connectivity index (χ3n) is 7.92. The van der Waals surface area contributed by atoms with Gasteiger partial charge in [-0.25, -0.2) is 4.98 Å². The minimum Gasteiger partial charge on any atom is -0.435 e. The van der Waals surface area contributed by atoms with Gasteiger partial charge in [0.2, 0.25) is 5.89 Å². The van der Waals surface area contributed by atoms with E-state index >= 15 is 0 Å². The molecule has 6 aromatic rings. The molecule has 2 aromatic carbocycles. The van der Waals surface area contributed by atoms with Gasteiger partial charge >= 0.3 is 0 Å². The van der Waals surface area contributed by atoms with E-state index in [2.05, 4.69) is 77.1 Å². The average molecular weight is 539 g/mol. The van der Waals surface area contributed by atoms with Crippen LogP contribution in [0.3, 0.4) is 0 Å². The standard InChI is InChI=1S/C36H34N4O/c1-23(2)25-15-17-26(18-16-25)35-40-30-12-8-10-28(34(30)41-35)29-11-9-14-33(39-29)36(5,31-13-6-7-21-37-31)32-20-19-27(22-38-32)24(3)4/h6-24H,1-5H3. The lowest BCUT2D eigenvalue weighted by atomic mass is 9.78. The van der Waals surface area contributed by atoms with E-state index in [1.54, 1.807) is 0 Å². The molecule has 0 aliphatic carbocycles. The van der Waals surface area contributed by atoms with E-state index in [0.29, 0.717) is 17.7 Å². The van der Waals surface area contributed by atoms with Gasteiger partial charge in [-0.05, 0) is 84.5 Å². The molecule has 0 aliphatic heterocycles. The summed E-state index contributed by atoms with van der Waals surface area (Å²) in [5.41, 5.74) is 8.66. The van der Waals surface area contributed by atoms with Gasteiger partial charge in [0.15, 0.2) is 5.58 Å². The predicted molar refractivity (Wildman–Crippen MR) is 165 cm³/mol. The van der Waals surface area contributed by atoms with E-state index in [9.17, 15) is 0 Å². The van der Waals surface area contributed by atoms with E-state index in [0.717, 1.165) is 45.0 Å². The SMILES string of the molecule is CC(C)c1ccc(-c2nc3cccc(-c4cccc(C(C)(c5ccccn5)c5ccc(C(C)C)cn5)n4)c3o2)cc1.